The van der Waals surface area contributed by atoms with Crippen molar-refractivity contribution in [2.75, 3.05) is 0 Å². The Hall–Kier alpha value is -7.59. The molecule has 3 aliphatic rings. The van der Waals surface area contributed by atoms with Gasteiger partial charge in [-0.05, 0) is 104 Å². The third-order valence-corrected chi connectivity index (χ3v) is 11.7. The molecule has 0 fully saturated rings. The van der Waals surface area contributed by atoms with Crippen molar-refractivity contribution in [2.24, 2.45) is 0 Å². The second-order valence-corrected chi connectivity index (χ2v) is 14.9. The van der Waals surface area contributed by atoms with Crippen molar-refractivity contribution in [3.05, 3.63) is 198 Å². The van der Waals surface area contributed by atoms with Gasteiger partial charge in [-0.3, -0.25) is 0 Å². The molecule has 12 rings (SSSR count). The number of nitrogens with zero attached hydrogens (tertiary/aromatic N) is 6. The molecule has 9 aromatic rings. The molecule has 58 heavy (non-hydrogen) atoms. The number of hydrogen-bond acceptors (Lipinski definition) is 6. The van der Waals surface area contributed by atoms with Gasteiger partial charge >= 0.3 is 7.32 Å². The van der Waals surface area contributed by atoms with Crippen LogP contribution in [-0.2, 0) is 19.3 Å². The molecule has 0 unspecified atom stereocenters. The Bertz CT molecular complexity index is 2750. The van der Waals surface area contributed by atoms with Crippen molar-refractivity contribution in [3.8, 4) is 67.2 Å². The van der Waals surface area contributed by atoms with Crippen LogP contribution >= 0.6 is 0 Å². The lowest BCUT2D eigenvalue weighted by Gasteiger charge is -2.14. The lowest BCUT2D eigenvalue weighted by atomic mass is 9.99. The van der Waals surface area contributed by atoms with Gasteiger partial charge in [0.25, 0.3) is 0 Å². The molecule has 6 aromatic carbocycles. The molecule has 0 radical (unpaired) electrons. The van der Waals surface area contributed by atoms with E-state index in [-0.39, 0.29) is 0 Å². The summed E-state index contributed by atoms with van der Waals surface area (Å²) in [5, 5.41) is 14.5. The van der Waals surface area contributed by atoms with Gasteiger partial charge in [-0.2, -0.15) is 0 Å². The van der Waals surface area contributed by atoms with E-state index in [4.69, 9.17) is 29.6 Å². The van der Waals surface area contributed by atoms with E-state index in [1.54, 1.807) is 18.6 Å². The molecule has 0 N–H and O–H groups in total. The number of benzene rings is 6. The minimum atomic E-state index is -1.34. The third-order valence-electron chi connectivity index (χ3n) is 11.7. The quantitative estimate of drug-likeness (QED) is 0.137. The fourth-order valence-electron chi connectivity index (χ4n) is 9.04. The molecule has 10 heteroatoms. The lowest BCUT2D eigenvalue weighted by Crippen LogP contribution is -2.49. The van der Waals surface area contributed by atoms with Gasteiger partial charge in [0.05, 0.1) is 35.7 Å². The molecule has 0 atom stereocenters. The summed E-state index contributed by atoms with van der Waals surface area (Å²) in [4.78, 5) is 4.12. The Balaban J connectivity index is 0.854. The second-order valence-electron chi connectivity index (χ2n) is 14.9. The molecule has 3 aromatic heterocycles. The molecular formula is C48H33BN6O3. The first kappa shape index (κ1) is 32.6. The summed E-state index contributed by atoms with van der Waals surface area (Å²) in [6, 6.07) is 50.6. The van der Waals surface area contributed by atoms with E-state index < -0.39 is 7.32 Å². The van der Waals surface area contributed by atoms with Crippen LogP contribution in [-0.4, -0.2) is 37.2 Å². The highest BCUT2D eigenvalue weighted by atomic mass is 16.9. The summed E-state index contributed by atoms with van der Waals surface area (Å²) in [5.41, 5.74) is 20.7. The summed E-state index contributed by atoms with van der Waals surface area (Å²) in [7, 11) is -1.34. The Morgan fingerprint density at radius 2 is 0.621 bits per heavy atom. The first-order valence-corrected chi connectivity index (χ1v) is 19.5. The van der Waals surface area contributed by atoms with E-state index in [9.17, 15) is 0 Å². The SMILES string of the molecule is c1ccc2c(c1)Cc1c(-c3ccn(OB(On4ccc(-c5cccc6c5Cc5ccccc5-6)n4)On4ccc(-c5cccc6c5Cc5ccccc5-6)n4)n3)cccc1-2. The van der Waals surface area contributed by atoms with Crippen molar-refractivity contribution in [1.29, 1.82) is 0 Å². The smallest absolute Gasteiger partial charge is 0.380 e. The van der Waals surface area contributed by atoms with Gasteiger partial charge in [0.15, 0.2) is 0 Å². The van der Waals surface area contributed by atoms with E-state index >= 15 is 0 Å². The molecule has 0 spiro atoms. The Morgan fingerprint density at radius 3 is 0.966 bits per heavy atom. The van der Waals surface area contributed by atoms with Crippen LogP contribution in [0.2, 0.25) is 0 Å². The van der Waals surface area contributed by atoms with Crippen LogP contribution < -0.4 is 14.3 Å². The molecule has 0 amide bonds. The van der Waals surface area contributed by atoms with Gasteiger partial charge in [-0.25, -0.2) is 0 Å². The topological polar surface area (TPSA) is 81.1 Å². The maximum atomic E-state index is 6.31. The normalized spacial score (nSPS) is 12.6. The summed E-state index contributed by atoms with van der Waals surface area (Å²) >= 11 is 0. The van der Waals surface area contributed by atoms with Crippen molar-refractivity contribution in [2.45, 2.75) is 19.3 Å². The van der Waals surface area contributed by atoms with E-state index in [0.717, 1.165) is 53.0 Å². The fourth-order valence-corrected chi connectivity index (χ4v) is 9.04. The van der Waals surface area contributed by atoms with Crippen LogP contribution in [0.1, 0.15) is 33.4 Å². The molecule has 0 saturated heterocycles. The van der Waals surface area contributed by atoms with Crippen LogP contribution in [0.4, 0.5) is 0 Å². The molecule has 276 valence electrons. The second kappa shape index (κ2) is 13.0. The molecule has 0 aliphatic heterocycles. The first-order valence-electron chi connectivity index (χ1n) is 19.5. The zero-order chi connectivity index (χ0) is 38.2. The highest BCUT2D eigenvalue weighted by molar-refractivity contribution is 6.37. The monoisotopic (exact) mass is 752 g/mol. The first-order chi connectivity index (χ1) is 28.7. The minimum absolute atomic E-state index is 0.781. The number of aromatic nitrogens is 6. The highest BCUT2D eigenvalue weighted by Crippen LogP contribution is 2.43. The number of hydrogen-bond donors (Lipinski definition) is 0. The molecule has 9 nitrogen and oxygen atoms in total. The fraction of sp³-hybridized carbons (Fsp3) is 0.0625. The van der Waals surface area contributed by atoms with Gasteiger partial charge in [0.1, 0.15) is 0 Å². The van der Waals surface area contributed by atoms with Crippen LogP contribution in [0.3, 0.4) is 0 Å². The van der Waals surface area contributed by atoms with Crippen LogP contribution in [0, 0.1) is 0 Å². The zero-order valence-electron chi connectivity index (χ0n) is 31.2. The van der Waals surface area contributed by atoms with E-state index in [1.165, 1.54) is 81.3 Å². The average Bonchev–Trinajstić information content (AvgIpc) is 4.12. The molecule has 0 saturated carbocycles. The van der Waals surface area contributed by atoms with Crippen LogP contribution in [0.5, 0.6) is 0 Å². The van der Waals surface area contributed by atoms with Crippen molar-refractivity contribution < 1.29 is 14.3 Å². The van der Waals surface area contributed by atoms with Gasteiger partial charge < -0.3 is 14.3 Å². The maximum Gasteiger partial charge on any atom is 0.929 e. The molecule has 3 heterocycles. The van der Waals surface area contributed by atoms with Gasteiger partial charge in [-0.15, -0.1) is 29.8 Å². The highest BCUT2D eigenvalue weighted by Gasteiger charge is 2.36. The van der Waals surface area contributed by atoms with E-state index in [1.807, 2.05) is 18.2 Å². The molecule has 3 aliphatic carbocycles. The van der Waals surface area contributed by atoms with Crippen molar-refractivity contribution in [3.63, 3.8) is 0 Å². The van der Waals surface area contributed by atoms with Crippen molar-refractivity contribution in [1.82, 2.24) is 29.8 Å². The predicted octanol–water partition coefficient (Wildman–Crippen LogP) is 8.66. The number of fused-ring (bicyclic) bond motifs is 9. The Labute approximate surface area is 334 Å². The molecule has 0 bridgehead atoms. The third kappa shape index (κ3) is 5.37. The average molecular weight is 753 g/mol. The standard InChI is InChI=1S/C48H33BN6O3/c1-4-13-34-31(10-1)28-43-37(34)16-7-19-40(43)46-22-25-53(50-46)56-49(57-54-26-23-47(51-54)41-20-8-17-38-35-14-5-2-11-32(35)29-44(38)41)58-55-27-24-48(52-55)42-21-9-18-39-36-15-6-3-12-33(36)30-45(39)42/h1-27H,28-30H2. The number of rotatable bonds is 9. The van der Waals surface area contributed by atoms with Crippen molar-refractivity contribution >= 4 is 7.32 Å². The van der Waals surface area contributed by atoms with Gasteiger partial charge in [-0.1, -0.05) is 127 Å². The predicted molar refractivity (Wildman–Crippen MR) is 223 cm³/mol. The summed E-state index contributed by atoms with van der Waals surface area (Å²) < 4.78 is 18.9. The Kier molecular flexibility index (Phi) is 7.31. The summed E-state index contributed by atoms with van der Waals surface area (Å²) in [5.74, 6) is 0. The van der Waals surface area contributed by atoms with E-state index in [2.05, 4.69) is 127 Å². The largest absolute Gasteiger partial charge is 0.929 e. The Morgan fingerprint density at radius 1 is 0.328 bits per heavy atom. The maximum absolute atomic E-state index is 6.31. The zero-order valence-corrected chi connectivity index (χ0v) is 31.2. The summed E-state index contributed by atoms with van der Waals surface area (Å²) in [6.45, 7) is 0. The lowest BCUT2D eigenvalue weighted by molar-refractivity contribution is 0.0406. The minimum Gasteiger partial charge on any atom is -0.380 e. The van der Waals surface area contributed by atoms with Crippen LogP contribution in [0.15, 0.2) is 164 Å². The van der Waals surface area contributed by atoms with E-state index in [0.29, 0.717) is 0 Å². The summed E-state index contributed by atoms with van der Waals surface area (Å²) in [6.07, 6.45) is 7.82. The molecular weight excluding hydrogens is 719 g/mol. The van der Waals surface area contributed by atoms with Crippen LogP contribution in [0.25, 0.3) is 67.2 Å². The van der Waals surface area contributed by atoms with Gasteiger partial charge in [0.2, 0.25) is 0 Å². The van der Waals surface area contributed by atoms with Gasteiger partial charge in [0, 0.05) is 16.7 Å².